The van der Waals surface area contributed by atoms with E-state index in [1.54, 1.807) is 6.07 Å². The molecule has 0 aromatic rings. The lowest BCUT2D eigenvalue weighted by molar-refractivity contribution is -0.0448. The van der Waals surface area contributed by atoms with Crippen LogP contribution in [0.2, 0.25) is 0 Å². The van der Waals surface area contributed by atoms with E-state index in [0.717, 1.165) is 0 Å². The molecule has 0 aliphatic heterocycles. The fourth-order valence-electron chi connectivity index (χ4n) is 0.336. The first-order valence-corrected chi connectivity index (χ1v) is 2.76. The Morgan fingerprint density at radius 3 is 2.22 bits per heavy atom. The van der Waals surface area contributed by atoms with E-state index in [1.807, 2.05) is 0 Å². The van der Waals surface area contributed by atoms with E-state index in [9.17, 15) is 0 Å². The molecule has 0 aromatic carbocycles. The van der Waals surface area contributed by atoms with Gasteiger partial charge >= 0.3 is 0 Å². The number of aliphatic hydroxyl groups excluding tert-OH is 1. The summed E-state index contributed by atoms with van der Waals surface area (Å²) in [5.74, 6) is 0. The lowest BCUT2D eigenvalue weighted by Gasteiger charge is -2.21. The molecule has 1 atom stereocenters. The third-order valence-electron chi connectivity index (χ3n) is 1.10. The Bertz CT molecular complexity index is 120. The Morgan fingerprint density at radius 1 is 1.67 bits per heavy atom. The predicted molar refractivity (Wildman–Crippen MR) is 32.5 cm³/mol. The number of nitrogens with zero attached hydrogens (tertiary/aromatic N) is 1. The van der Waals surface area contributed by atoms with Crippen molar-refractivity contribution in [3.8, 4) is 6.07 Å². The fraction of sp³-hybridized carbons (Fsp3) is 0.833. The first-order chi connectivity index (χ1) is 3.98. The molecule has 0 aliphatic rings. The lowest BCUT2D eigenvalue weighted by atomic mass is 10.0. The van der Waals surface area contributed by atoms with E-state index in [0.29, 0.717) is 0 Å². The van der Waals surface area contributed by atoms with Crippen molar-refractivity contribution in [2.45, 2.75) is 32.0 Å². The van der Waals surface area contributed by atoms with Crippen molar-refractivity contribution in [3.05, 3.63) is 0 Å². The molecule has 3 nitrogen and oxygen atoms in total. The van der Waals surface area contributed by atoms with Gasteiger partial charge in [-0.3, -0.25) is 0 Å². The van der Waals surface area contributed by atoms with Crippen LogP contribution >= 0.6 is 0 Å². The number of aliphatic hydroxyl groups is 2. The largest absolute Gasteiger partial charge is 0.389 e. The van der Waals surface area contributed by atoms with E-state index < -0.39 is 11.7 Å². The minimum absolute atomic E-state index is 0.0243. The van der Waals surface area contributed by atoms with Gasteiger partial charge < -0.3 is 10.2 Å². The summed E-state index contributed by atoms with van der Waals surface area (Å²) in [6.45, 7) is 2.93. The molecule has 0 radical (unpaired) electrons. The van der Waals surface area contributed by atoms with Crippen LogP contribution in [0, 0.1) is 11.3 Å². The summed E-state index contributed by atoms with van der Waals surface area (Å²) >= 11 is 0. The van der Waals surface area contributed by atoms with Gasteiger partial charge in [-0.1, -0.05) is 0 Å². The fourth-order valence-corrected chi connectivity index (χ4v) is 0.336. The maximum Gasteiger partial charge on any atom is 0.0951 e. The summed E-state index contributed by atoms with van der Waals surface area (Å²) in [5.41, 5.74) is -1.16. The molecule has 0 spiro atoms. The highest BCUT2D eigenvalue weighted by molar-refractivity contribution is 4.84. The molecule has 0 aliphatic carbocycles. The second kappa shape index (κ2) is 2.81. The zero-order valence-corrected chi connectivity index (χ0v) is 5.63. The zero-order chi connectivity index (χ0) is 7.49. The second-order valence-corrected chi connectivity index (χ2v) is 2.53. The quantitative estimate of drug-likeness (QED) is 0.553. The van der Waals surface area contributed by atoms with Gasteiger partial charge in [-0.15, -0.1) is 0 Å². The minimum Gasteiger partial charge on any atom is -0.389 e. The van der Waals surface area contributed by atoms with Crippen molar-refractivity contribution in [3.63, 3.8) is 0 Å². The van der Waals surface area contributed by atoms with Gasteiger partial charge in [0.25, 0.3) is 0 Å². The molecular formula is C6H11NO2. The molecule has 0 saturated carbocycles. The Morgan fingerprint density at radius 2 is 2.11 bits per heavy atom. The third kappa shape index (κ3) is 3.07. The smallest absolute Gasteiger partial charge is 0.0951 e. The van der Waals surface area contributed by atoms with Crippen LogP contribution in [0.4, 0.5) is 0 Å². The molecule has 0 fully saturated rings. The molecule has 0 bridgehead atoms. The van der Waals surface area contributed by atoms with Crippen LogP contribution in [0.15, 0.2) is 0 Å². The van der Waals surface area contributed by atoms with Crippen LogP contribution in [0.3, 0.4) is 0 Å². The molecular weight excluding hydrogens is 118 g/mol. The van der Waals surface area contributed by atoms with Gasteiger partial charge in [0.1, 0.15) is 0 Å². The monoisotopic (exact) mass is 129 g/mol. The van der Waals surface area contributed by atoms with Gasteiger partial charge in [-0.05, 0) is 13.8 Å². The maximum absolute atomic E-state index is 9.02. The molecule has 0 rings (SSSR count). The van der Waals surface area contributed by atoms with E-state index in [2.05, 4.69) is 0 Å². The van der Waals surface area contributed by atoms with Crippen LogP contribution in [-0.4, -0.2) is 21.9 Å². The molecule has 2 N–H and O–H groups in total. The Labute approximate surface area is 54.5 Å². The molecule has 0 saturated heterocycles. The highest BCUT2D eigenvalue weighted by atomic mass is 16.3. The summed E-state index contributed by atoms with van der Waals surface area (Å²) in [7, 11) is 0. The van der Waals surface area contributed by atoms with Crippen molar-refractivity contribution in [1.29, 1.82) is 5.26 Å². The molecule has 52 valence electrons. The van der Waals surface area contributed by atoms with Crippen LogP contribution in [-0.2, 0) is 0 Å². The number of hydrogen-bond donors (Lipinski definition) is 2. The third-order valence-corrected chi connectivity index (χ3v) is 1.10. The van der Waals surface area contributed by atoms with E-state index in [1.165, 1.54) is 13.8 Å². The second-order valence-electron chi connectivity index (χ2n) is 2.53. The molecule has 0 unspecified atom stereocenters. The van der Waals surface area contributed by atoms with Gasteiger partial charge in [-0.25, -0.2) is 0 Å². The van der Waals surface area contributed by atoms with Crippen LogP contribution in [0.5, 0.6) is 0 Å². The van der Waals surface area contributed by atoms with Crippen LogP contribution in [0.1, 0.15) is 20.3 Å². The molecule has 0 aromatic heterocycles. The molecule has 0 amide bonds. The predicted octanol–water partition coefficient (Wildman–Crippen LogP) is 0.0319. The summed E-state index contributed by atoms with van der Waals surface area (Å²) in [4.78, 5) is 0. The molecule has 0 heterocycles. The van der Waals surface area contributed by atoms with Crippen molar-refractivity contribution < 1.29 is 10.2 Å². The average Bonchev–Trinajstić information content (AvgIpc) is 1.64. The summed E-state index contributed by atoms with van der Waals surface area (Å²) < 4.78 is 0. The average molecular weight is 129 g/mol. The Kier molecular flexibility index (Phi) is 2.63. The van der Waals surface area contributed by atoms with Crippen LogP contribution in [0.25, 0.3) is 0 Å². The minimum atomic E-state index is -1.16. The van der Waals surface area contributed by atoms with E-state index in [-0.39, 0.29) is 6.42 Å². The molecule has 3 heteroatoms. The van der Waals surface area contributed by atoms with Crippen molar-refractivity contribution >= 4 is 0 Å². The van der Waals surface area contributed by atoms with Gasteiger partial charge in [0, 0.05) is 0 Å². The highest BCUT2D eigenvalue weighted by Crippen LogP contribution is 2.10. The van der Waals surface area contributed by atoms with Gasteiger partial charge in [-0.2, -0.15) is 5.26 Å². The van der Waals surface area contributed by atoms with Gasteiger partial charge in [0.15, 0.2) is 0 Å². The summed E-state index contributed by atoms with van der Waals surface area (Å²) in [6, 6.07) is 1.76. The number of hydrogen-bond acceptors (Lipinski definition) is 3. The standard InChI is InChI=1S/C6H11NO2/c1-6(2,9)5(8)3-4-7/h5,8-9H,3H2,1-2H3/t5-/m0/s1. The normalized spacial score (nSPS) is 14.6. The summed E-state index contributed by atoms with van der Waals surface area (Å²) in [5, 5.41) is 26.0. The first-order valence-electron chi connectivity index (χ1n) is 2.76. The van der Waals surface area contributed by atoms with Crippen molar-refractivity contribution in [2.24, 2.45) is 0 Å². The molecule has 9 heavy (non-hydrogen) atoms. The Hall–Kier alpha value is -0.590. The Balaban J connectivity index is 3.76. The van der Waals surface area contributed by atoms with Crippen LogP contribution < -0.4 is 0 Å². The highest BCUT2D eigenvalue weighted by Gasteiger charge is 2.23. The van der Waals surface area contributed by atoms with E-state index in [4.69, 9.17) is 15.5 Å². The maximum atomic E-state index is 9.02. The zero-order valence-electron chi connectivity index (χ0n) is 5.63. The number of nitriles is 1. The van der Waals surface area contributed by atoms with Crippen molar-refractivity contribution in [2.75, 3.05) is 0 Å². The topological polar surface area (TPSA) is 64.2 Å². The van der Waals surface area contributed by atoms with E-state index >= 15 is 0 Å². The first kappa shape index (κ1) is 8.41. The number of rotatable bonds is 2. The SMILES string of the molecule is CC(C)(O)[C@@H](O)CC#N. The summed E-state index contributed by atoms with van der Waals surface area (Å²) in [6.07, 6.45) is -0.966. The van der Waals surface area contributed by atoms with Gasteiger partial charge in [0.2, 0.25) is 0 Å². The van der Waals surface area contributed by atoms with Crippen molar-refractivity contribution in [1.82, 2.24) is 0 Å². The lowest BCUT2D eigenvalue weighted by Crippen LogP contribution is -2.35. The van der Waals surface area contributed by atoms with Gasteiger partial charge in [0.05, 0.1) is 24.2 Å².